The minimum atomic E-state index is -0.0266. The summed E-state index contributed by atoms with van der Waals surface area (Å²) in [7, 11) is 0. The fourth-order valence-corrected chi connectivity index (χ4v) is 4.89. The molecule has 1 N–H and O–H groups in total. The van der Waals surface area contributed by atoms with E-state index in [4.69, 9.17) is 4.98 Å². The number of para-hydroxylation sites is 2. The van der Waals surface area contributed by atoms with Crippen molar-refractivity contribution in [2.24, 2.45) is 11.8 Å². The Bertz CT molecular complexity index is 1360. The smallest absolute Gasteiger partial charge is 0.242 e. The van der Waals surface area contributed by atoms with Gasteiger partial charge in [-0.15, -0.1) is 0 Å². The molecule has 3 aromatic carbocycles. The van der Waals surface area contributed by atoms with Crippen LogP contribution < -0.4 is 5.32 Å². The second-order valence-corrected chi connectivity index (χ2v) is 11.0. The highest BCUT2D eigenvalue weighted by Gasteiger charge is 2.20. The van der Waals surface area contributed by atoms with Gasteiger partial charge >= 0.3 is 0 Å². The molecule has 39 heavy (non-hydrogen) atoms. The summed E-state index contributed by atoms with van der Waals surface area (Å²) in [5.74, 6) is 1.69. The number of rotatable bonds is 12. The summed E-state index contributed by atoms with van der Waals surface area (Å²) in [6.07, 6.45) is 0.873. The van der Waals surface area contributed by atoms with Gasteiger partial charge in [0.25, 0.3) is 0 Å². The van der Waals surface area contributed by atoms with Gasteiger partial charge in [-0.05, 0) is 40.7 Å². The van der Waals surface area contributed by atoms with Gasteiger partial charge in [0.05, 0.1) is 17.5 Å². The van der Waals surface area contributed by atoms with Crippen LogP contribution in [0.15, 0.2) is 78.9 Å². The first-order valence-corrected chi connectivity index (χ1v) is 13.9. The summed E-state index contributed by atoms with van der Waals surface area (Å²) in [5.41, 5.74) is 5.07. The topological polar surface area (TPSA) is 67.2 Å². The highest BCUT2D eigenvalue weighted by atomic mass is 16.2. The molecule has 0 aliphatic carbocycles. The van der Waals surface area contributed by atoms with E-state index in [1.807, 2.05) is 64.1 Å². The van der Waals surface area contributed by atoms with Gasteiger partial charge in [-0.1, -0.05) is 94.4 Å². The Balaban J connectivity index is 1.39. The number of carbonyl (C=O) groups excluding carboxylic acids is 2. The van der Waals surface area contributed by atoms with E-state index in [1.165, 1.54) is 0 Å². The van der Waals surface area contributed by atoms with Crippen LogP contribution in [0.25, 0.3) is 22.2 Å². The second kappa shape index (κ2) is 13.2. The zero-order valence-corrected chi connectivity index (χ0v) is 23.6. The molecular formula is C33H40N4O2. The van der Waals surface area contributed by atoms with E-state index in [0.29, 0.717) is 31.2 Å². The van der Waals surface area contributed by atoms with Crippen molar-refractivity contribution in [3.8, 4) is 11.1 Å². The third-order valence-electron chi connectivity index (χ3n) is 6.65. The molecule has 0 spiro atoms. The van der Waals surface area contributed by atoms with Gasteiger partial charge in [-0.25, -0.2) is 4.98 Å². The number of hydrogen-bond donors (Lipinski definition) is 1. The summed E-state index contributed by atoms with van der Waals surface area (Å²) in [6.45, 7) is 10.7. The predicted molar refractivity (Wildman–Crippen MR) is 158 cm³/mol. The number of fused-ring (bicyclic) bond motifs is 1. The van der Waals surface area contributed by atoms with E-state index < -0.39 is 0 Å². The van der Waals surface area contributed by atoms with Crippen molar-refractivity contribution in [2.75, 3.05) is 19.6 Å². The number of amides is 2. The van der Waals surface area contributed by atoms with Gasteiger partial charge in [0.15, 0.2) is 0 Å². The molecular weight excluding hydrogens is 484 g/mol. The van der Waals surface area contributed by atoms with Gasteiger partial charge in [0.2, 0.25) is 11.8 Å². The van der Waals surface area contributed by atoms with Crippen LogP contribution in [0.4, 0.5) is 0 Å². The summed E-state index contributed by atoms with van der Waals surface area (Å²) in [5, 5.41) is 3.04. The molecule has 1 heterocycles. The molecule has 0 bridgehead atoms. The van der Waals surface area contributed by atoms with Crippen molar-refractivity contribution in [1.29, 1.82) is 0 Å². The Morgan fingerprint density at radius 2 is 1.44 bits per heavy atom. The lowest BCUT2D eigenvalue weighted by Crippen LogP contribution is -2.39. The largest absolute Gasteiger partial charge is 0.355 e. The Morgan fingerprint density at radius 3 is 2.10 bits per heavy atom. The van der Waals surface area contributed by atoms with Crippen LogP contribution >= 0.6 is 0 Å². The lowest BCUT2D eigenvalue weighted by molar-refractivity contribution is -0.133. The van der Waals surface area contributed by atoms with E-state index in [-0.39, 0.29) is 18.4 Å². The number of nitrogens with one attached hydrogen (secondary N) is 1. The normalized spacial score (nSPS) is 11.3. The average molecular weight is 525 g/mol. The van der Waals surface area contributed by atoms with Crippen molar-refractivity contribution in [2.45, 2.75) is 47.1 Å². The van der Waals surface area contributed by atoms with Gasteiger partial charge in [0, 0.05) is 26.1 Å². The molecule has 4 aromatic rings. The van der Waals surface area contributed by atoms with E-state index >= 15 is 0 Å². The number of benzene rings is 3. The first-order chi connectivity index (χ1) is 18.8. The van der Waals surface area contributed by atoms with Crippen molar-refractivity contribution in [3.05, 3.63) is 90.3 Å². The fraction of sp³-hybridized carbons (Fsp3) is 0.364. The van der Waals surface area contributed by atoms with Crippen molar-refractivity contribution in [1.82, 2.24) is 19.8 Å². The lowest BCUT2D eigenvalue weighted by atomic mass is 10.0. The summed E-state index contributed by atoms with van der Waals surface area (Å²) in [4.78, 5) is 32.9. The van der Waals surface area contributed by atoms with Crippen LogP contribution in [-0.4, -0.2) is 45.9 Å². The zero-order valence-electron chi connectivity index (χ0n) is 23.6. The van der Waals surface area contributed by atoms with E-state index in [0.717, 1.165) is 46.6 Å². The number of hydrogen-bond acceptors (Lipinski definition) is 3. The van der Waals surface area contributed by atoms with Crippen LogP contribution in [0.1, 0.15) is 39.1 Å². The zero-order chi connectivity index (χ0) is 27.8. The van der Waals surface area contributed by atoms with Gasteiger partial charge in [0.1, 0.15) is 12.4 Å². The SMILES string of the molecule is CC(C)CN(CC(C)C)C(=O)Cn1c(CCNC(=O)Cc2ccc(-c3ccccc3)cc2)nc2ccccc21. The van der Waals surface area contributed by atoms with Gasteiger partial charge < -0.3 is 14.8 Å². The standard InChI is InChI=1S/C33H40N4O2/c1-24(2)21-36(22-25(3)4)33(39)23-37-30-13-9-8-12-29(30)35-31(37)18-19-34-32(38)20-26-14-16-28(17-15-26)27-10-6-5-7-11-27/h5-17,24-25H,18-23H2,1-4H3,(H,34,38). The molecule has 0 fully saturated rings. The Kier molecular flexibility index (Phi) is 9.53. The maximum atomic E-state index is 13.4. The lowest BCUT2D eigenvalue weighted by Gasteiger charge is -2.27. The second-order valence-electron chi connectivity index (χ2n) is 11.0. The molecule has 0 radical (unpaired) electrons. The minimum Gasteiger partial charge on any atom is -0.355 e. The van der Waals surface area contributed by atoms with Crippen LogP contribution in [-0.2, 0) is 29.0 Å². The van der Waals surface area contributed by atoms with E-state index in [1.54, 1.807) is 0 Å². The number of aromatic nitrogens is 2. The number of nitrogens with zero attached hydrogens (tertiary/aromatic N) is 3. The number of carbonyl (C=O) groups is 2. The Hall–Kier alpha value is -3.93. The molecule has 2 amide bonds. The van der Waals surface area contributed by atoms with Crippen molar-refractivity contribution in [3.63, 3.8) is 0 Å². The molecule has 0 atom stereocenters. The average Bonchev–Trinajstić information content (AvgIpc) is 3.25. The maximum absolute atomic E-state index is 13.4. The third kappa shape index (κ3) is 7.79. The Labute approximate surface area is 232 Å². The monoisotopic (exact) mass is 524 g/mol. The van der Waals surface area contributed by atoms with Gasteiger partial charge in [-0.3, -0.25) is 9.59 Å². The third-order valence-corrected chi connectivity index (χ3v) is 6.65. The molecule has 4 rings (SSSR count). The predicted octanol–water partition coefficient (Wildman–Crippen LogP) is 5.75. The van der Waals surface area contributed by atoms with Crippen LogP contribution in [0, 0.1) is 11.8 Å². The van der Waals surface area contributed by atoms with Crippen LogP contribution in [0.5, 0.6) is 0 Å². The quantitative estimate of drug-likeness (QED) is 0.257. The molecule has 0 unspecified atom stereocenters. The summed E-state index contributed by atoms with van der Waals surface area (Å²) < 4.78 is 2.01. The van der Waals surface area contributed by atoms with E-state index in [9.17, 15) is 9.59 Å². The maximum Gasteiger partial charge on any atom is 0.242 e. The van der Waals surface area contributed by atoms with Crippen molar-refractivity contribution >= 4 is 22.8 Å². The fourth-order valence-electron chi connectivity index (χ4n) is 4.89. The molecule has 0 saturated carbocycles. The van der Waals surface area contributed by atoms with Gasteiger partial charge in [-0.2, -0.15) is 0 Å². The highest BCUT2D eigenvalue weighted by molar-refractivity contribution is 5.81. The first-order valence-electron chi connectivity index (χ1n) is 13.9. The Morgan fingerprint density at radius 1 is 0.821 bits per heavy atom. The molecule has 6 heteroatoms. The molecule has 0 saturated heterocycles. The molecule has 0 aliphatic rings. The van der Waals surface area contributed by atoms with Crippen LogP contribution in [0.3, 0.4) is 0 Å². The van der Waals surface area contributed by atoms with E-state index in [2.05, 4.69) is 57.3 Å². The summed E-state index contributed by atoms with van der Waals surface area (Å²) in [6, 6.07) is 26.2. The molecule has 0 aliphatic heterocycles. The molecule has 6 nitrogen and oxygen atoms in total. The number of imidazole rings is 1. The highest BCUT2D eigenvalue weighted by Crippen LogP contribution is 2.20. The molecule has 204 valence electrons. The van der Waals surface area contributed by atoms with Crippen LogP contribution in [0.2, 0.25) is 0 Å². The minimum absolute atomic E-state index is 0.0266. The summed E-state index contributed by atoms with van der Waals surface area (Å²) >= 11 is 0. The van der Waals surface area contributed by atoms with Crippen molar-refractivity contribution < 1.29 is 9.59 Å². The first kappa shape index (κ1) is 28.1. The molecule has 1 aromatic heterocycles.